The maximum atomic E-state index is 13.4. The Morgan fingerprint density at radius 2 is 1.48 bits per heavy atom. The van der Waals surface area contributed by atoms with Crippen molar-refractivity contribution in [3.05, 3.63) is 33.1 Å². The maximum absolute atomic E-state index is 13.4. The van der Waals surface area contributed by atoms with Gasteiger partial charge >= 0.3 is 11.4 Å². The molecule has 3 fully saturated rings. The summed E-state index contributed by atoms with van der Waals surface area (Å²) in [5, 5.41) is 0. The molecular formula is C20H27N3O2. The molecule has 134 valence electrons. The third-order valence-electron chi connectivity index (χ3n) is 9.43. The first-order valence-corrected chi connectivity index (χ1v) is 10.00. The van der Waals surface area contributed by atoms with Crippen LogP contribution in [0.5, 0.6) is 0 Å². The minimum Gasteiger partial charge on any atom is -0.246 e. The van der Waals surface area contributed by atoms with Crippen LogP contribution in [0, 0.1) is 28.6 Å². The highest BCUT2D eigenvalue weighted by Gasteiger charge is 2.63. The number of hydrogen-bond donors (Lipinski definition) is 0. The lowest BCUT2D eigenvalue weighted by molar-refractivity contribution is 0.0154. The normalized spacial score (nSPS) is 47.6. The Bertz CT molecular complexity index is 880. The smallest absolute Gasteiger partial charge is 0.246 e. The second-order valence-corrected chi connectivity index (χ2v) is 10.0. The zero-order chi connectivity index (χ0) is 17.3. The molecule has 4 aliphatic carbocycles. The van der Waals surface area contributed by atoms with Gasteiger partial charge < -0.3 is 0 Å². The van der Waals surface area contributed by atoms with Crippen molar-refractivity contribution in [2.45, 2.75) is 71.0 Å². The van der Waals surface area contributed by atoms with E-state index in [1.165, 1.54) is 19.3 Å². The van der Waals surface area contributed by atoms with Gasteiger partial charge in [-0.15, -0.1) is 0 Å². The zero-order valence-corrected chi connectivity index (χ0v) is 15.3. The number of hydrogen-bond acceptors (Lipinski definition) is 2. The van der Waals surface area contributed by atoms with E-state index in [2.05, 4.69) is 32.9 Å². The van der Waals surface area contributed by atoms with E-state index in [0.29, 0.717) is 17.8 Å². The SMILES string of the molecule is CC1(C)[C@H]2CC[C@@]1(C)[C@H](n1c(=O)n3n(c1=O)[C@@H]1C=C[C@@H]3[C@H]3CC[C@@H]31)C2. The molecule has 0 radical (unpaired) electrons. The third kappa shape index (κ3) is 1.35. The molecule has 3 heterocycles. The molecule has 2 aliphatic heterocycles. The van der Waals surface area contributed by atoms with E-state index in [4.69, 9.17) is 0 Å². The minimum atomic E-state index is -0.0516. The molecule has 1 aromatic heterocycles. The van der Waals surface area contributed by atoms with Gasteiger partial charge in [-0.25, -0.2) is 23.5 Å². The summed E-state index contributed by atoms with van der Waals surface area (Å²) < 4.78 is 5.30. The van der Waals surface area contributed by atoms with Crippen LogP contribution in [0.3, 0.4) is 0 Å². The molecule has 0 N–H and O–H groups in total. The Morgan fingerprint density at radius 3 is 1.88 bits per heavy atom. The fourth-order valence-corrected chi connectivity index (χ4v) is 7.29. The first kappa shape index (κ1) is 14.6. The highest BCUT2D eigenvalue weighted by molar-refractivity contribution is 5.19. The molecule has 0 saturated heterocycles. The summed E-state index contributed by atoms with van der Waals surface area (Å²) in [5.74, 6) is 1.76. The highest BCUT2D eigenvalue weighted by atomic mass is 16.2. The van der Waals surface area contributed by atoms with Crippen LogP contribution in [0.25, 0.3) is 0 Å². The molecule has 25 heavy (non-hydrogen) atoms. The topological polar surface area (TPSA) is 48.9 Å². The molecule has 7 rings (SSSR count). The quantitative estimate of drug-likeness (QED) is 0.738. The summed E-state index contributed by atoms with van der Waals surface area (Å²) in [6, 6.07) is 0.262. The predicted octanol–water partition coefficient (Wildman–Crippen LogP) is 2.89. The summed E-state index contributed by atoms with van der Waals surface area (Å²) in [7, 11) is 0. The number of allylic oxidation sites excluding steroid dienone is 2. The van der Waals surface area contributed by atoms with Gasteiger partial charge in [-0.1, -0.05) is 32.9 Å². The monoisotopic (exact) mass is 341 g/mol. The molecule has 6 aliphatic rings. The van der Waals surface area contributed by atoms with Crippen molar-refractivity contribution in [2.24, 2.45) is 28.6 Å². The Kier molecular flexibility index (Phi) is 2.38. The Balaban J connectivity index is 1.56. The first-order chi connectivity index (χ1) is 11.9. The van der Waals surface area contributed by atoms with E-state index >= 15 is 0 Å². The standard InChI is InChI=1S/C20H27N3O2/c1-19(2)11-8-9-20(19,3)16(10-11)21-17(24)22-14-6-7-15(23(22)18(21)25)13-5-4-12(13)14/h6-7,11-16H,4-5,8-10H2,1-3H3/t11-,12-,13-,14+,15+,16+,20-/m0/s1. The van der Waals surface area contributed by atoms with E-state index in [1.807, 2.05) is 9.36 Å². The van der Waals surface area contributed by atoms with Gasteiger partial charge in [0.05, 0.1) is 12.1 Å². The lowest BCUT2D eigenvalue weighted by atomic mass is 9.62. The largest absolute Gasteiger partial charge is 0.348 e. The summed E-state index contributed by atoms with van der Waals surface area (Å²) in [6.45, 7) is 7.00. The lowest BCUT2D eigenvalue weighted by Gasteiger charge is -2.52. The van der Waals surface area contributed by atoms with Crippen molar-refractivity contribution in [3.8, 4) is 0 Å². The fraction of sp³-hybridized carbons (Fsp3) is 0.800. The molecule has 5 heteroatoms. The predicted molar refractivity (Wildman–Crippen MR) is 94.6 cm³/mol. The minimum absolute atomic E-state index is 0.0458. The molecule has 0 unspecified atom stereocenters. The molecule has 0 aromatic carbocycles. The van der Waals surface area contributed by atoms with Crippen molar-refractivity contribution < 1.29 is 0 Å². The maximum Gasteiger partial charge on any atom is 0.348 e. The van der Waals surface area contributed by atoms with Crippen LogP contribution in [-0.2, 0) is 0 Å². The van der Waals surface area contributed by atoms with Crippen LogP contribution in [-0.4, -0.2) is 13.9 Å². The average Bonchev–Trinajstić information content (AvgIpc) is 3.00. The second-order valence-electron chi connectivity index (χ2n) is 10.0. The number of fused-ring (bicyclic) bond motifs is 2. The molecule has 0 spiro atoms. The van der Waals surface area contributed by atoms with Crippen LogP contribution >= 0.6 is 0 Å². The van der Waals surface area contributed by atoms with Gasteiger partial charge in [0, 0.05) is 6.04 Å². The van der Waals surface area contributed by atoms with Gasteiger partial charge in [-0.2, -0.15) is 0 Å². The van der Waals surface area contributed by atoms with Gasteiger partial charge in [0.25, 0.3) is 0 Å². The van der Waals surface area contributed by atoms with Crippen molar-refractivity contribution >= 4 is 0 Å². The van der Waals surface area contributed by atoms with Gasteiger partial charge in [-0.3, -0.25) is 0 Å². The van der Waals surface area contributed by atoms with Crippen LogP contribution in [0.4, 0.5) is 0 Å². The molecule has 1 aromatic rings. The van der Waals surface area contributed by atoms with Crippen molar-refractivity contribution in [2.75, 3.05) is 0 Å². The molecule has 3 saturated carbocycles. The van der Waals surface area contributed by atoms with Crippen molar-refractivity contribution in [1.82, 2.24) is 13.9 Å². The van der Waals surface area contributed by atoms with Gasteiger partial charge in [-0.05, 0) is 60.7 Å². The number of nitrogens with zero attached hydrogens (tertiary/aromatic N) is 3. The zero-order valence-electron chi connectivity index (χ0n) is 15.3. The Hall–Kier alpha value is -1.52. The molecule has 0 amide bonds. The number of rotatable bonds is 1. The second kappa shape index (κ2) is 4.07. The van der Waals surface area contributed by atoms with Crippen LogP contribution < -0.4 is 11.4 Å². The summed E-state index contributed by atoms with van der Waals surface area (Å²) in [4.78, 5) is 26.8. The summed E-state index contributed by atoms with van der Waals surface area (Å²) >= 11 is 0. The molecule has 5 nitrogen and oxygen atoms in total. The van der Waals surface area contributed by atoms with E-state index < -0.39 is 0 Å². The Labute approximate surface area is 147 Å². The van der Waals surface area contributed by atoms with Crippen molar-refractivity contribution in [1.29, 1.82) is 0 Å². The first-order valence-electron chi connectivity index (χ1n) is 10.00. The average molecular weight is 341 g/mol. The van der Waals surface area contributed by atoms with Gasteiger partial charge in [0.1, 0.15) is 0 Å². The van der Waals surface area contributed by atoms with Crippen LogP contribution in [0.15, 0.2) is 21.7 Å². The van der Waals surface area contributed by atoms with Gasteiger partial charge in [0.15, 0.2) is 0 Å². The summed E-state index contributed by atoms with van der Waals surface area (Å²) in [6.07, 6.45) is 10.1. The van der Waals surface area contributed by atoms with E-state index in [1.54, 1.807) is 4.57 Å². The highest BCUT2D eigenvalue weighted by Crippen LogP contribution is 2.69. The summed E-state index contributed by atoms with van der Waals surface area (Å²) in [5.41, 5.74) is 0.144. The molecular weight excluding hydrogens is 314 g/mol. The molecule has 4 bridgehead atoms. The van der Waals surface area contributed by atoms with Crippen LogP contribution in [0.1, 0.15) is 71.0 Å². The van der Waals surface area contributed by atoms with E-state index in [-0.39, 0.29) is 40.3 Å². The molecule has 7 atom stereocenters. The van der Waals surface area contributed by atoms with E-state index in [9.17, 15) is 9.59 Å². The fourth-order valence-electron chi connectivity index (χ4n) is 7.29. The number of aromatic nitrogens is 3. The van der Waals surface area contributed by atoms with Crippen LogP contribution in [0.2, 0.25) is 0 Å². The van der Waals surface area contributed by atoms with Gasteiger partial charge in [0.2, 0.25) is 0 Å². The third-order valence-corrected chi connectivity index (χ3v) is 9.43. The van der Waals surface area contributed by atoms with E-state index in [0.717, 1.165) is 12.8 Å². The lowest BCUT2D eigenvalue weighted by Crippen LogP contribution is -2.52. The Morgan fingerprint density at radius 1 is 0.920 bits per heavy atom. The van der Waals surface area contributed by atoms with Crippen molar-refractivity contribution in [3.63, 3.8) is 0 Å².